The molecule has 0 N–H and O–H groups in total. The van der Waals surface area contributed by atoms with Crippen molar-refractivity contribution in [2.45, 2.75) is 45.6 Å². The van der Waals surface area contributed by atoms with Crippen molar-refractivity contribution in [3.05, 3.63) is 41.5 Å². The lowest BCUT2D eigenvalue weighted by molar-refractivity contribution is -0.128. The van der Waals surface area contributed by atoms with Gasteiger partial charge in [0.15, 0.2) is 5.82 Å². The highest BCUT2D eigenvalue weighted by Crippen LogP contribution is 2.28. The number of amides is 1. The largest absolute Gasteiger partial charge is 0.494 e. The van der Waals surface area contributed by atoms with Gasteiger partial charge in [0.25, 0.3) is 0 Å². The van der Waals surface area contributed by atoms with Crippen molar-refractivity contribution < 1.29 is 14.1 Å². The molecule has 2 heterocycles. The molecule has 128 valence electrons. The van der Waals surface area contributed by atoms with E-state index in [-0.39, 0.29) is 11.8 Å². The van der Waals surface area contributed by atoms with E-state index < -0.39 is 0 Å². The first kappa shape index (κ1) is 16.5. The lowest BCUT2D eigenvalue weighted by atomic mass is 10.1. The van der Waals surface area contributed by atoms with Crippen LogP contribution in [0.15, 0.2) is 28.8 Å². The third kappa shape index (κ3) is 3.75. The van der Waals surface area contributed by atoms with Crippen molar-refractivity contribution in [2.24, 2.45) is 0 Å². The summed E-state index contributed by atoms with van der Waals surface area (Å²) in [4.78, 5) is 18.5. The first-order valence-electron chi connectivity index (χ1n) is 8.51. The third-order valence-electron chi connectivity index (χ3n) is 4.13. The Kier molecular flexibility index (Phi) is 5.13. The fraction of sp³-hybridized carbons (Fsp3) is 0.500. The summed E-state index contributed by atoms with van der Waals surface area (Å²) in [5.41, 5.74) is 1.09. The number of benzene rings is 1. The lowest BCUT2D eigenvalue weighted by Crippen LogP contribution is -2.24. The van der Waals surface area contributed by atoms with Crippen LogP contribution in [0.2, 0.25) is 0 Å². The van der Waals surface area contributed by atoms with Crippen LogP contribution in [0.25, 0.3) is 0 Å². The van der Waals surface area contributed by atoms with Crippen molar-refractivity contribution in [3.63, 3.8) is 0 Å². The molecule has 0 saturated carbocycles. The summed E-state index contributed by atoms with van der Waals surface area (Å²) in [6, 6.07) is 7.87. The van der Waals surface area contributed by atoms with E-state index in [1.165, 1.54) is 0 Å². The lowest BCUT2D eigenvalue weighted by Gasteiger charge is -2.16. The number of rotatable bonds is 7. The maximum Gasteiger partial charge on any atom is 0.232 e. The Labute approximate surface area is 141 Å². The number of ether oxygens (including phenoxy) is 1. The predicted molar refractivity (Wildman–Crippen MR) is 88.7 cm³/mol. The van der Waals surface area contributed by atoms with Gasteiger partial charge < -0.3 is 14.2 Å². The summed E-state index contributed by atoms with van der Waals surface area (Å²) >= 11 is 0. The van der Waals surface area contributed by atoms with Gasteiger partial charge in [0.1, 0.15) is 5.75 Å². The molecule has 6 heteroatoms. The van der Waals surface area contributed by atoms with E-state index in [4.69, 9.17) is 9.26 Å². The number of aromatic nitrogens is 2. The number of hydrogen-bond acceptors (Lipinski definition) is 5. The highest BCUT2D eigenvalue weighted by atomic mass is 16.5. The maximum atomic E-state index is 12.3. The zero-order chi connectivity index (χ0) is 16.9. The Morgan fingerprint density at radius 2 is 2.08 bits per heavy atom. The zero-order valence-corrected chi connectivity index (χ0v) is 14.2. The SMILES string of the molecule is CCCc1noc(C2CC(=O)N(Cc3ccc(OCC)cc3)C2)n1. The van der Waals surface area contributed by atoms with Gasteiger partial charge in [-0.2, -0.15) is 4.98 Å². The van der Waals surface area contributed by atoms with Crippen molar-refractivity contribution >= 4 is 5.91 Å². The molecular weight excluding hydrogens is 306 g/mol. The van der Waals surface area contributed by atoms with Crippen LogP contribution < -0.4 is 4.74 Å². The summed E-state index contributed by atoms with van der Waals surface area (Å²) in [5, 5.41) is 3.98. The molecule has 1 saturated heterocycles. The van der Waals surface area contributed by atoms with Gasteiger partial charge in [-0.25, -0.2) is 0 Å². The number of likely N-dealkylation sites (tertiary alicyclic amines) is 1. The number of carbonyl (C=O) groups excluding carboxylic acids is 1. The van der Waals surface area contributed by atoms with Crippen LogP contribution in [-0.2, 0) is 17.8 Å². The summed E-state index contributed by atoms with van der Waals surface area (Å²) < 4.78 is 10.8. The van der Waals surface area contributed by atoms with Crippen LogP contribution in [0, 0.1) is 0 Å². The fourth-order valence-electron chi connectivity index (χ4n) is 2.93. The minimum Gasteiger partial charge on any atom is -0.494 e. The van der Waals surface area contributed by atoms with Gasteiger partial charge in [0, 0.05) is 25.9 Å². The van der Waals surface area contributed by atoms with Gasteiger partial charge in [-0.3, -0.25) is 4.79 Å². The van der Waals surface area contributed by atoms with Crippen molar-refractivity contribution in [1.29, 1.82) is 0 Å². The second-order valence-corrected chi connectivity index (χ2v) is 6.05. The van der Waals surface area contributed by atoms with Crippen LogP contribution >= 0.6 is 0 Å². The average molecular weight is 329 g/mol. The number of aryl methyl sites for hydroxylation is 1. The molecule has 24 heavy (non-hydrogen) atoms. The summed E-state index contributed by atoms with van der Waals surface area (Å²) in [6.45, 7) is 5.90. The van der Waals surface area contributed by atoms with Crippen molar-refractivity contribution in [1.82, 2.24) is 15.0 Å². The van der Waals surface area contributed by atoms with Gasteiger partial charge in [-0.1, -0.05) is 24.2 Å². The minimum atomic E-state index is -0.00157. The Morgan fingerprint density at radius 3 is 2.79 bits per heavy atom. The molecule has 6 nitrogen and oxygen atoms in total. The van der Waals surface area contributed by atoms with E-state index >= 15 is 0 Å². The summed E-state index contributed by atoms with van der Waals surface area (Å²) in [6.07, 6.45) is 2.22. The number of hydrogen-bond donors (Lipinski definition) is 0. The first-order valence-corrected chi connectivity index (χ1v) is 8.51. The van der Waals surface area contributed by atoms with E-state index in [1.54, 1.807) is 0 Å². The third-order valence-corrected chi connectivity index (χ3v) is 4.13. The molecule has 1 fully saturated rings. The zero-order valence-electron chi connectivity index (χ0n) is 14.2. The molecule has 0 bridgehead atoms. The standard InChI is InChI=1S/C18H23N3O3/c1-3-5-16-19-18(24-20-16)14-10-17(22)21(12-14)11-13-6-8-15(9-7-13)23-4-2/h6-9,14H,3-5,10-12H2,1-2H3. The second kappa shape index (κ2) is 7.47. The van der Waals surface area contributed by atoms with Crippen molar-refractivity contribution in [3.8, 4) is 5.75 Å². The van der Waals surface area contributed by atoms with E-state index in [2.05, 4.69) is 17.1 Å². The quantitative estimate of drug-likeness (QED) is 0.781. The molecule has 0 aliphatic carbocycles. The van der Waals surface area contributed by atoms with Gasteiger partial charge in [-0.15, -0.1) is 0 Å². The Morgan fingerprint density at radius 1 is 1.29 bits per heavy atom. The van der Waals surface area contributed by atoms with Gasteiger partial charge in [0.2, 0.25) is 11.8 Å². The van der Waals surface area contributed by atoms with E-state index in [0.29, 0.717) is 32.0 Å². The van der Waals surface area contributed by atoms with Crippen LogP contribution in [-0.4, -0.2) is 34.1 Å². The highest BCUT2D eigenvalue weighted by molar-refractivity contribution is 5.79. The molecule has 1 atom stereocenters. The normalized spacial score (nSPS) is 17.5. The second-order valence-electron chi connectivity index (χ2n) is 6.05. The number of nitrogens with zero attached hydrogens (tertiary/aromatic N) is 3. The molecule has 1 aromatic carbocycles. The topological polar surface area (TPSA) is 68.5 Å². The van der Waals surface area contributed by atoms with Crippen LogP contribution in [0.3, 0.4) is 0 Å². The predicted octanol–water partition coefficient (Wildman–Crippen LogP) is 2.94. The molecule has 1 amide bonds. The molecule has 0 spiro atoms. The Hall–Kier alpha value is -2.37. The molecule has 1 unspecified atom stereocenters. The first-order chi connectivity index (χ1) is 11.7. The Balaban J connectivity index is 1.61. The Bertz CT molecular complexity index is 681. The van der Waals surface area contributed by atoms with E-state index in [1.807, 2.05) is 36.1 Å². The molecule has 3 rings (SSSR count). The molecule has 1 aliphatic heterocycles. The number of carbonyl (C=O) groups is 1. The monoisotopic (exact) mass is 329 g/mol. The van der Waals surface area contributed by atoms with E-state index in [9.17, 15) is 4.79 Å². The molecule has 1 aliphatic rings. The summed E-state index contributed by atoms with van der Waals surface area (Å²) in [5.74, 6) is 2.29. The molecule has 1 aromatic heterocycles. The van der Waals surface area contributed by atoms with Gasteiger partial charge >= 0.3 is 0 Å². The smallest absolute Gasteiger partial charge is 0.232 e. The average Bonchev–Trinajstić information content (AvgIpc) is 3.17. The van der Waals surface area contributed by atoms with Gasteiger partial charge in [0.05, 0.1) is 12.5 Å². The summed E-state index contributed by atoms with van der Waals surface area (Å²) in [7, 11) is 0. The molecular formula is C18H23N3O3. The van der Waals surface area contributed by atoms with Crippen LogP contribution in [0.1, 0.15) is 49.9 Å². The van der Waals surface area contributed by atoms with Crippen molar-refractivity contribution in [2.75, 3.05) is 13.2 Å². The minimum absolute atomic E-state index is 0.00157. The highest BCUT2D eigenvalue weighted by Gasteiger charge is 2.34. The fourth-order valence-corrected chi connectivity index (χ4v) is 2.93. The maximum absolute atomic E-state index is 12.3. The molecule has 0 radical (unpaired) electrons. The van der Waals surface area contributed by atoms with Gasteiger partial charge in [-0.05, 0) is 31.0 Å². The van der Waals surface area contributed by atoms with Crippen LogP contribution in [0.5, 0.6) is 5.75 Å². The molecule has 2 aromatic rings. The van der Waals surface area contributed by atoms with E-state index in [0.717, 1.165) is 30.0 Å². The van der Waals surface area contributed by atoms with Crippen LogP contribution in [0.4, 0.5) is 0 Å².